The molecule has 0 aliphatic heterocycles. The van der Waals surface area contributed by atoms with E-state index >= 15 is 0 Å². The van der Waals surface area contributed by atoms with Crippen molar-refractivity contribution >= 4 is 5.78 Å². The number of nitrogens with zero attached hydrogens (tertiary/aromatic N) is 2. The number of hydrogen-bond donors (Lipinski definition) is 0. The van der Waals surface area contributed by atoms with Crippen molar-refractivity contribution in [3.05, 3.63) is 29.6 Å². The lowest BCUT2D eigenvalue weighted by molar-refractivity contribution is -0.123. The summed E-state index contributed by atoms with van der Waals surface area (Å²) in [6.07, 6.45) is 4.64. The Morgan fingerprint density at radius 1 is 1.37 bits per heavy atom. The van der Waals surface area contributed by atoms with Crippen LogP contribution in [0.5, 0.6) is 0 Å². The highest BCUT2D eigenvalue weighted by Crippen LogP contribution is 2.25. The summed E-state index contributed by atoms with van der Waals surface area (Å²) in [6, 6.07) is 6.07. The van der Waals surface area contributed by atoms with Crippen LogP contribution in [0.2, 0.25) is 0 Å². The number of Topliss-reactive ketones (excluding diaryl/α,β-unsaturated/α-hetero) is 1. The minimum Gasteiger partial charge on any atom is -0.298 e. The SMILES string of the molecule is CCN(CC(=O)C1CCCC1)Cc1cccc(C)n1. The van der Waals surface area contributed by atoms with Crippen molar-refractivity contribution in [1.29, 1.82) is 0 Å². The molecule has 1 aliphatic carbocycles. The van der Waals surface area contributed by atoms with E-state index in [4.69, 9.17) is 0 Å². The first kappa shape index (κ1) is 14.2. The van der Waals surface area contributed by atoms with Crippen molar-refractivity contribution in [3.63, 3.8) is 0 Å². The number of likely N-dealkylation sites (N-methyl/N-ethyl adjacent to an activating group) is 1. The summed E-state index contributed by atoms with van der Waals surface area (Å²) in [4.78, 5) is 18.9. The number of carbonyl (C=O) groups is 1. The van der Waals surface area contributed by atoms with Crippen LogP contribution >= 0.6 is 0 Å². The van der Waals surface area contributed by atoms with Gasteiger partial charge in [0.1, 0.15) is 5.78 Å². The molecule has 0 bridgehead atoms. The first-order valence-corrected chi connectivity index (χ1v) is 7.36. The third-order valence-electron chi connectivity index (χ3n) is 3.97. The van der Waals surface area contributed by atoms with Crippen molar-refractivity contribution in [2.24, 2.45) is 5.92 Å². The number of ketones is 1. The number of rotatable bonds is 6. The van der Waals surface area contributed by atoms with Gasteiger partial charge in [-0.05, 0) is 38.4 Å². The highest BCUT2D eigenvalue weighted by atomic mass is 16.1. The van der Waals surface area contributed by atoms with E-state index in [-0.39, 0.29) is 0 Å². The van der Waals surface area contributed by atoms with Gasteiger partial charge in [0, 0.05) is 18.2 Å². The van der Waals surface area contributed by atoms with Crippen LogP contribution in [0.15, 0.2) is 18.2 Å². The van der Waals surface area contributed by atoms with E-state index in [1.54, 1.807) is 0 Å². The maximum Gasteiger partial charge on any atom is 0.149 e. The molecule has 0 N–H and O–H groups in total. The molecule has 3 heteroatoms. The Morgan fingerprint density at radius 2 is 2.11 bits per heavy atom. The Bertz CT molecular complexity index is 425. The third kappa shape index (κ3) is 4.13. The lowest BCUT2D eigenvalue weighted by atomic mass is 10.0. The minimum absolute atomic E-state index is 0.319. The molecule has 0 atom stereocenters. The van der Waals surface area contributed by atoms with Crippen LogP contribution in [-0.4, -0.2) is 28.8 Å². The highest BCUT2D eigenvalue weighted by Gasteiger charge is 2.23. The van der Waals surface area contributed by atoms with Gasteiger partial charge in [-0.3, -0.25) is 14.7 Å². The zero-order valence-corrected chi connectivity index (χ0v) is 12.1. The monoisotopic (exact) mass is 260 g/mol. The van der Waals surface area contributed by atoms with Gasteiger partial charge in [-0.1, -0.05) is 25.8 Å². The fraction of sp³-hybridized carbons (Fsp3) is 0.625. The van der Waals surface area contributed by atoms with Crippen LogP contribution in [0, 0.1) is 12.8 Å². The minimum atomic E-state index is 0.319. The van der Waals surface area contributed by atoms with Crippen LogP contribution in [0.1, 0.15) is 44.0 Å². The number of aromatic nitrogens is 1. The first-order valence-electron chi connectivity index (χ1n) is 7.36. The van der Waals surface area contributed by atoms with Gasteiger partial charge in [0.05, 0.1) is 12.2 Å². The van der Waals surface area contributed by atoms with Crippen molar-refractivity contribution in [3.8, 4) is 0 Å². The highest BCUT2D eigenvalue weighted by molar-refractivity contribution is 5.83. The molecule has 2 rings (SSSR count). The zero-order chi connectivity index (χ0) is 13.7. The van der Waals surface area contributed by atoms with E-state index in [9.17, 15) is 4.79 Å². The van der Waals surface area contributed by atoms with E-state index in [1.807, 2.05) is 25.1 Å². The normalized spacial score (nSPS) is 16.2. The average molecular weight is 260 g/mol. The van der Waals surface area contributed by atoms with Crippen molar-refractivity contribution < 1.29 is 4.79 Å². The van der Waals surface area contributed by atoms with Crippen molar-refractivity contribution in [1.82, 2.24) is 9.88 Å². The van der Waals surface area contributed by atoms with E-state index in [0.29, 0.717) is 18.2 Å². The summed E-state index contributed by atoms with van der Waals surface area (Å²) in [5.74, 6) is 0.742. The number of pyridine rings is 1. The number of hydrogen-bond acceptors (Lipinski definition) is 3. The molecule has 1 saturated carbocycles. The summed E-state index contributed by atoms with van der Waals surface area (Å²) in [5, 5.41) is 0. The number of carbonyl (C=O) groups excluding carboxylic acids is 1. The van der Waals surface area contributed by atoms with E-state index in [2.05, 4.69) is 16.8 Å². The van der Waals surface area contributed by atoms with Crippen LogP contribution in [0.25, 0.3) is 0 Å². The van der Waals surface area contributed by atoms with Crippen LogP contribution in [0.3, 0.4) is 0 Å². The molecule has 1 fully saturated rings. The maximum atomic E-state index is 12.2. The Morgan fingerprint density at radius 3 is 2.74 bits per heavy atom. The summed E-state index contributed by atoms with van der Waals surface area (Å²) in [6.45, 7) is 6.36. The Hall–Kier alpha value is -1.22. The first-order chi connectivity index (χ1) is 9.19. The van der Waals surface area contributed by atoms with Crippen LogP contribution < -0.4 is 0 Å². The smallest absolute Gasteiger partial charge is 0.149 e. The largest absolute Gasteiger partial charge is 0.298 e. The van der Waals surface area contributed by atoms with E-state index in [0.717, 1.165) is 37.3 Å². The second-order valence-electron chi connectivity index (χ2n) is 5.52. The molecule has 1 aromatic rings. The van der Waals surface area contributed by atoms with Gasteiger partial charge in [-0.2, -0.15) is 0 Å². The quantitative estimate of drug-likeness (QED) is 0.788. The molecule has 0 radical (unpaired) electrons. The topological polar surface area (TPSA) is 33.2 Å². The third-order valence-corrected chi connectivity index (χ3v) is 3.97. The van der Waals surface area contributed by atoms with E-state index < -0.39 is 0 Å². The molecule has 1 heterocycles. The van der Waals surface area contributed by atoms with Crippen LogP contribution in [-0.2, 0) is 11.3 Å². The molecule has 19 heavy (non-hydrogen) atoms. The van der Waals surface area contributed by atoms with Gasteiger partial charge in [0.25, 0.3) is 0 Å². The second kappa shape index (κ2) is 6.80. The zero-order valence-electron chi connectivity index (χ0n) is 12.1. The summed E-state index contributed by atoms with van der Waals surface area (Å²) >= 11 is 0. The standard InChI is InChI=1S/C16H24N2O/c1-3-18(11-15-10-6-7-13(2)17-15)12-16(19)14-8-4-5-9-14/h6-7,10,14H,3-5,8-9,11-12H2,1-2H3. The Balaban J connectivity index is 1.90. The van der Waals surface area contributed by atoms with Gasteiger partial charge in [-0.15, -0.1) is 0 Å². The fourth-order valence-electron chi connectivity index (χ4n) is 2.79. The van der Waals surface area contributed by atoms with E-state index in [1.165, 1.54) is 12.8 Å². The molecule has 1 aromatic heterocycles. The lowest BCUT2D eigenvalue weighted by Gasteiger charge is -2.21. The van der Waals surface area contributed by atoms with Crippen molar-refractivity contribution in [2.75, 3.05) is 13.1 Å². The molecule has 0 aromatic carbocycles. The summed E-state index contributed by atoms with van der Waals surface area (Å²) in [7, 11) is 0. The Labute approximate surface area is 116 Å². The lowest BCUT2D eigenvalue weighted by Crippen LogP contribution is -2.32. The Kier molecular flexibility index (Phi) is 5.08. The predicted molar refractivity (Wildman–Crippen MR) is 76.9 cm³/mol. The van der Waals surface area contributed by atoms with Gasteiger partial charge >= 0.3 is 0 Å². The molecular weight excluding hydrogens is 236 g/mol. The number of aryl methyl sites for hydroxylation is 1. The molecule has 1 aliphatic rings. The van der Waals surface area contributed by atoms with Gasteiger partial charge in [0.15, 0.2) is 0 Å². The molecule has 104 valence electrons. The molecule has 0 saturated heterocycles. The molecule has 0 amide bonds. The molecular formula is C16H24N2O. The van der Waals surface area contributed by atoms with Crippen molar-refractivity contribution in [2.45, 2.75) is 46.1 Å². The van der Waals surface area contributed by atoms with Crippen LogP contribution in [0.4, 0.5) is 0 Å². The maximum absolute atomic E-state index is 12.2. The molecule has 0 spiro atoms. The second-order valence-corrected chi connectivity index (χ2v) is 5.52. The van der Waals surface area contributed by atoms with Gasteiger partial charge < -0.3 is 0 Å². The summed E-state index contributed by atoms with van der Waals surface area (Å²) < 4.78 is 0. The van der Waals surface area contributed by atoms with Gasteiger partial charge in [0.2, 0.25) is 0 Å². The van der Waals surface area contributed by atoms with Gasteiger partial charge in [-0.25, -0.2) is 0 Å². The molecule has 3 nitrogen and oxygen atoms in total. The fourth-order valence-corrected chi connectivity index (χ4v) is 2.79. The summed E-state index contributed by atoms with van der Waals surface area (Å²) in [5.41, 5.74) is 2.09. The average Bonchev–Trinajstić information content (AvgIpc) is 2.92. The predicted octanol–water partition coefficient (Wildman–Crippen LogP) is 2.97. The molecule has 0 unspecified atom stereocenters.